The van der Waals surface area contributed by atoms with Crippen molar-refractivity contribution in [3.8, 4) is 5.75 Å². The van der Waals surface area contributed by atoms with Crippen LogP contribution in [0.4, 0.5) is 0 Å². The van der Waals surface area contributed by atoms with Gasteiger partial charge in [-0.05, 0) is 49.6 Å². The Kier molecular flexibility index (Phi) is 1.87. The Hall–Kier alpha value is -1.24. The number of rotatable bonds is 0. The van der Waals surface area contributed by atoms with E-state index in [1.54, 1.807) is 0 Å². The second-order valence-electron chi connectivity index (χ2n) is 3.70. The summed E-state index contributed by atoms with van der Waals surface area (Å²) in [7, 11) is 0. The number of fused-ring (bicyclic) bond motifs is 1. The smallest absolute Gasteiger partial charge is 0.127 e. The van der Waals surface area contributed by atoms with Gasteiger partial charge in [0.15, 0.2) is 0 Å². The first-order valence-electron chi connectivity index (χ1n) is 4.58. The third-order valence-electron chi connectivity index (χ3n) is 2.59. The van der Waals surface area contributed by atoms with Gasteiger partial charge in [-0.2, -0.15) is 0 Å². The Bertz CT molecular complexity index is 375. The lowest BCUT2D eigenvalue weighted by atomic mass is 9.99. The zero-order valence-electron chi connectivity index (χ0n) is 8.35. The van der Waals surface area contributed by atoms with Gasteiger partial charge in [0.2, 0.25) is 0 Å². The molecule has 68 valence electrons. The lowest BCUT2D eigenvalue weighted by Crippen LogP contribution is -2.06. The molecule has 13 heavy (non-hydrogen) atoms. The van der Waals surface area contributed by atoms with Crippen LogP contribution in [0.25, 0.3) is 6.08 Å². The summed E-state index contributed by atoms with van der Waals surface area (Å²) in [4.78, 5) is 0. The molecule has 1 heterocycles. The van der Waals surface area contributed by atoms with Crippen molar-refractivity contribution < 1.29 is 4.74 Å². The monoisotopic (exact) mass is 174 g/mol. The molecule has 0 N–H and O–H groups in total. The largest absolute Gasteiger partial charge is 0.489 e. The molecule has 0 bridgehead atoms. The minimum Gasteiger partial charge on any atom is -0.489 e. The van der Waals surface area contributed by atoms with E-state index >= 15 is 0 Å². The number of hydrogen-bond donors (Lipinski definition) is 0. The molecule has 0 fully saturated rings. The fraction of sp³-hybridized carbons (Fsp3) is 0.333. The topological polar surface area (TPSA) is 9.23 Å². The molecule has 2 rings (SSSR count). The molecule has 0 aromatic heterocycles. The fourth-order valence-electron chi connectivity index (χ4n) is 1.60. The summed E-state index contributed by atoms with van der Waals surface area (Å²) < 4.78 is 5.60. The van der Waals surface area contributed by atoms with E-state index in [4.69, 9.17) is 4.74 Å². The summed E-state index contributed by atoms with van der Waals surface area (Å²) >= 11 is 0. The first-order chi connectivity index (χ1) is 6.18. The predicted octanol–water partition coefficient (Wildman–Crippen LogP) is 3.10. The lowest BCUT2D eigenvalue weighted by Gasteiger charge is -2.18. The van der Waals surface area contributed by atoms with E-state index in [1.165, 1.54) is 22.3 Å². The Balaban J connectivity index is 2.63. The van der Waals surface area contributed by atoms with Crippen molar-refractivity contribution in [3.05, 3.63) is 34.4 Å². The Morgan fingerprint density at radius 1 is 1.15 bits per heavy atom. The highest BCUT2D eigenvalue weighted by molar-refractivity contribution is 5.66. The molecule has 1 heteroatoms. The molecule has 1 aliphatic rings. The SMILES string of the molecule is CC1=Cc2c(ccc(C)c2C)OC1. The standard InChI is InChI=1S/C12H14O/c1-8-6-11-10(3)9(2)4-5-12(11)13-7-8/h4-6H,7H2,1-3H3. The fourth-order valence-corrected chi connectivity index (χ4v) is 1.60. The normalized spacial score (nSPS) is 14.5. The number of benzene rings is 1. The summed E-state index contributed by atoms with van der Waals surface area (Å²) in [6, 6.07) is 4.17. The quantitative estimate of drug-likeness (QED) is 0.587. The van der Waals surface area contributed by atoms with Gasteiger partial charge in [-0.1, -0.05) is 6.07 Å². The van der Waals surface area contributed by atoms with Crippen LogP contribution in [0, 0.1) is 13.8 Å². The number of aryl methyl sites for hydroxylation is 1. The predicted molar refractivity (Wildman–Crippen MR) is 55.1 cm³/mol. The van der Waals surface area contributed by atoms with Gasteiger partial charge in [0.1, 0.15) is 12.4 Å². The van der Waals surface area contributed by atoms with Crippen LogP contribution in [0.1, 0.15) is 23.6 Å². The van der Waals surface area contributed by atoms with Gasteiger partial charge in [0.05, 0.1) is 0 Å². The van der Waals surface area contributed by atoms with Crippen molar-refractivity contribution >= 4 is 6.08 Å². The summed E-state index contributed by atoms with van der Waals surface area (Å²) in [6.45, 7) is 7.11. The van der Waals surface area contributed by atoms with E-state index in [2.05, 4.69) is 39.0 Å². The molecule has 1 aromatic rings. The zero-order chi connectivity index (χ0) is 9.42. The maximum absolute atomic E-state index is 5.60. The molecular weight excluding hydrogens is 160 g/mol. The molecule has 1 nitrogen and oxygen atoms in total. The van der Waals surface area contributed by atoms with Gasteiger partial charge in [0, 0.05) is 5.56 Å². The number of hydrogen-bond acceptors (Lipinski definition) is 1. The van der Waals surface area contributed by atoms with Gasteiger partial charge < -0.3 is 4.74 Å². The second kappa shape index (κ2) is 2.91. The average molecular weight is 174 g/mol. The minimum absolute atomic E-state index is 0.732. The summed E-state index contributed by atoms with van der Waals surface area (Å²) in [5.74, 6) is 1.02. The highest BCUT2D eigenvalue weighted by atomic mass is 16.5. The molecule has 0 aliphatic carbocycles. The molecule has 0 atom stereocenters. The first-order valence-corrected chi connectivity index (χ1v) is 4.58. The van der Waals surface area contributed by atoms with Crippen molar-refractivity contribution in [3.63, 3.8) is 0 Å². The first kappa shape index (κ1) is 8.36. The highest BCUT2D eigenvalue weighted by Gasteiger charge is 2.11. The molecule has 0 saturated carbocycles. The van der Waals surface area contributed by atoms with Crippen molar-refractivity contribution in [2.75, 3.05) is 6.61 Å². The lowest BCUT2D eigenvalue weighted by molar-refractivity contribution is 0.347. The van der Waals surface area contributed by atoms with Crippen molar-refractivity contribution in [1.82, 2.24) is 0 Å². The van der Waals surface area contributed by atoms with E-state index < -0.39 is 0 Å². The molecule has 1 aliphatic heterocycles. The second-order valence-corrected chi connectivity index (χ2v) is 3.70. The van der Waals surface area contributed by atoms with Gasteiger partial charge in [0.25, 0.3) is 0 Å². The van der Waals surface area contributed by atoms with E-state index in [1.807, 2.05) is 0 Å². The third kappa shape index (κ3) is 1.35. The third-order valence-corrected chi connectivity index (χ3v) is 2.59. The van der Waals surface area contributed by atoms with E-state index in [-0.39, 0.29) is 0 Å². The van der Waals surface area contributed by atoms with Crippen LogP contribution in [0.5, 0.6) is 5.75 Å². The molecular formula is C12H14O. The number of ether oxygens (including phenoxy) is 1. The van der Waals surface area contributed by atoms with Gasteiger partial charge in [-0.3, -0.25) is 0 Å². The molecule has 0 amide bonds. The van der Waals surface area contributed by atoms with E-state index in [9.17, 15) is 0 Å². The van der Waals surface area contributed by atoms with E-state index in [0.717, 1.165) is 12.4 Å². The van der Waals surface area contributed by atoms with Crippen molar-refractivity contribution in [1.29, 1.82) is 0 Å². The summed E-state index contributed by atoms with van der Waals surface area (Å²) in [5, 5.41) is 0. The van der Waals surface area contributed by atoms with E-state index in [0.29, 0.717) is 0 Å². The zero-order valence-corrected chi connectivity index (χ0v) is 8.35. The molecule has 0 radical (unpaired) electrons. The minimum atomic E-state index is 0.732. The van der Waals surface area contributed by atoms with Gasteiger partial charge >= 0.3 is 0 Å². The Morgan fingerprint density at radius 3 is 2.69 bits per heavy atom. The molecule has 0 unspecified atom stereocenters. The Labute approximate surface area is 79.0 Å². The summed E-state index contributed by atoms with van der Waals surface area (Å²) in [6.07, 6.45) is 2.22. The van der Waals surface area contributed by atoms with Crippen molar-refractivity contribution in [2.45, 2.75) is 20.8 Å². The highest BCUT2D eigenvalue weighted by Crippen LogP contribution is 2.30. The molecule has 0 saturated heterocycles. The molecule has 1 aromatic carbocycles. The molecule has 0 spiro atoms. The van der Waals surface area contributed by atoms with Crippen LogP contribution in [0.3, 0.4) is 0 Å². The maximum Gasteiger partial charge on any atom is 0.127 e. The van der Waals surface area contributed by atoms with Crippen LogP contribution >= 0.6 is 0 Å². The maximum atomic E-state index is 5.60. The Morgan fingerprint density at radius 2 is 1.92 bits per heavy atom. The van der Waals surface area contributed by atoms with Crippen LogP contribution in [0.15, 0.2) is 17.7 Å². The van der Waals surface area contributed by atoms with Crippen LogP contribution in [-0.2, 0) is 0 Å². The summed E-state index contributed by atoms with van der Waals surface area (Å²) in [5.41, 5.74) is 5.20. The van der Waals surface area contributed by atoms with Crippen LogP contribution < -0.4 is 4.74 Å². The van der Waals surface area contributed by atoms with Crippen molar-refractivity contribution in [2.24, 2.45) is 0 Å². The van der Waals surface area contributed by atoms with Crippen LogP contribution in [0.2, 0.25) is 0 Å². The average Bonchev–Trinajstić information content (AvgIpc) is 2.12. The van der Waals surface area contributed by atoms with Crippen LogP contribution in [-0.4, -0.2) is 6.61 Å². The van der Waals surface area contributed by atoms with Gasteiger partial charge in [-0.25, -0.2) is 0 Å². The van der Waals surface area contributed by atoms with Gasteiger partial charge in [-0.15, -0.1) is 0 Å².